The van der Waals surface area contributed by atoms with E-state index in [4.69, 9.17) is 5.26 Å². The Bertz CT molecular complexity index is 723. The molecule has 96 valence electrons. The first kappa shape index (κ1) is 13.0. The van der Waals surface area contributed by atoms with Crippen LogP contribution in [0.15, 0.2) is 29.1 Å². The van der Waals surface area contributed by atoms with Crippen LogP contribution in [0.25, 0.3) is 5.69 Å². The van der Waals surface area contributed by atoms with E-state index >= 15 is 0 Å². The second-order valence-electron chi connectivity index (χ2n) is 4.63. The maximum Gasteiger partial charge on any atom is 0.204 e. The van der Waals surface area contributed by atoms with Crippen LogP contribution in [0.3, 0.4) is 0 Å². The Labute approximate surface area is 111 Å². The van der Waals surface area contributed by atoms with Crippen LogP contribution in [0.2, 0.25) is 0 Å². The van der Waals surface area contributed by atoms with Crippen LogP contribution in [0.5, 0.6) is 0 Å². The highest BCUT2D eigenvalue weighted by atomic mass is 16.1. The highest BCUT2D eigenvalue weighted by Crippen LogP contribution is 2.16. The fourth-order valence-corrected chi connectivity index (χ4v) is 1.97. The first-order chi connectivity index (χ1) is 9.02. The zero-order chi connectivity index (χ0) is 14.0. The number of hydrogen-bond acceptors (Lipinski definition) is 3. The predicted molar refractivity (Wildman–Crippen MR) is 73.4 cm³/mol. The fourth-order valence-electron chi connectivity index (χ4n) is 1.97. The van der Waals surface area contributed by atoms with E-state index in [1.807, 2.05) is 45.0 Å². The lowest BCUT2D eigenvalue weighted by molar-refractivity contribution is 0.762. The van der Waals surface area contributed by atoms with E-state index in [-0.39, 0.29) is 17.5 Å². The van der Waals surface area contributed by atoms with Gasteiger partial charge in [-0.2, -0.15) is 10.4 Å². The van der Waals surface area contributed by atoms with Crippen molar-refractivity contribution in [1.82, 2.24) is 9.78 Å². The van der Waals surface area contributed by atoms with Crippen molar-refractivity contribution >= 4 is 0 Å². The van der Waals surface area contributed by atoms with Crippen molar-refractivity contribution in [2.45, 2.75) is 27.2 Å². The Kier molecular flexibility index (Phi) is 3.48. The Balaban J connectivity index is 2.68. The van der Waals surface area contributed by atoms with Crippen molar-refractivity contribution in [1.29, 1.82) is 5.26 Å². The molecule has 0 saturated heterocycles. The highest BCUT2D eigenvalue weighted by Gasteiger charge is 2.09. The first-order valence-corrected chi connectivity index (χ1v) is 6.07. The molecular weight excluding hydrogens is 238 g/mol. The molecule has 0 saturated carbocycles. The lowest BCUT2D eigenvalue weighted by Gasteiger charge is -2.13. The monoisotopic (exact) mass is 253 g/mol. The minimum absolute atomic E-state index is 0.0317. The van der Waals surface area contributed by atoms with Gasteiger partial charge in [0.1, 0.15) is 5.69 Å². The molecule has 4 nitrogen and oxygen atoms in total. The zero-order valence-corrected chi connectivity index (χ0v) is 11.3. The molecule has 0 unspecified atom stereocenters. The van der Waals surface area contributed by atoms with E-state index in [1.165, 1.54) is 6.07 Å². The summed E-state index contributed by atoms with van der Waals surface area (Å²) in [6, 6.07) is 9.58. The van der Waals surface area contributed by atoms with Crippen molar-refractivity contribution in [3.8, 4) is 11.8 Å². The Morgan fingerprint density at radius 2 is 2.00 bits per heavy atom. The lowest BCUT2D eigenvalue weighted by Crippen LogP contribution is -2.19. The largest absolute Gasteiger partial charge is 0.288 e. The summed E-state index contributed by atoms with van der Waals surface area (Å²) in [5, 5.41) is 13.1. The number of nitrogens with zero attached hydrogens (tertiary/aromatic N) is 3. The number of nitriles is 1. The first-order valence-electron chi connectivity index (χ1n) is 6.07. The topological polar surface area (TPSA) is 58.7 Å². The normalized spacial score (nSPS) is 10.2. The second kappa shape index (κ2) is 5.07. The van der Waals surface area contributed by atoms with Gasteiger partial charge in [0.15, 0.2) is 0 Å². The molecule has 0 spiro atoms. The molecule has 0 aliphatic heterocycles. The van der Waals surface area contributed by atoms with Crippen molar-refractivity contribution in [2.24, 2.45) is 0 Å². The Morgan fingerprint density at radius 1 is 1.26 bits per heavy atom. The van der Waals surface area contributed by atoms with E-state index in [9.17, 15) is 4.79 Å². The van der Waals surface area contributed by atoms with Crippen LogP contribution >= 0.6 is 0 Å². The van der Waals surface area contributed by atoms with Crippen molar-refractivity contribution < 1.29 is 0 Å². The number of rotatable bonds is 2. The minimum Gasteiger partial charge on any atom is -0.288 e. The third-order valence-electron chi connectivity index (χ3n) is 3.02. The van der Waals surface area contributed by atoms with Crippen LogP contribution < -0.4 is 5.43 Å². The molecular formula is C15H15N3O. The SMILES string of the molecule is Cc1ccc(C)c(-n2nc(CC#N)c(=O)cc2C)c1. The molecule has 4 heteroatoms. The quantitative estimate of drug-likeness (QED) is 0.824. The average Bonchev–Trinajstić information content (AvgIpc) is 2.36. The summed E-state index contributed by atoms with van der Waals surface area (Å²) in [4.78, 5) is 11.7. The smallest absolute Gasteiger partial charge is 0.204 e. The van der Waals surface area contributed by atoms with Gasteiger partial charge in [0.25, 0.3) is 0 Å². The fraction of sp³-hybridized carbons (Fsp3) is 0.267. The van der Waals surface area contributed by atoms with Crippen LogP contribution in [-0.4, -0.2) is 9.78 Å². The number of benzene rings is 1. The molecule has 0 aliphatic rings. The lowest BCUT2D eigenvalue weighted by atomic mass is 10.1. The van der Waals surface area contributed by atoms with Gasteiger partial charge < -0.3 is 0 Å². The summed E-state index contributed by atoms with van der Waals surface area (Å²) in [5.41, 5.74) is 4.02. The molecule has 1 heterocycles. The van der Waals surface area contributed by atoms with Gasteiger partial charge in [0.2, 0.25) is 5.43 Å². The Morgan fingerprint density at radius 3 is 2.68 bits per heavy atom. The maximum atomic E-state index is 11.7. The number of aryl methyl sites for hydroxylation is 3. The van der Waals surface area contributed by atoms with E-state index in [0.29, 0.717) is 0 Å². The molecule has 0 N–H and O–H groups in total. The molecule has 2 rings (SSSR count). The van der Waals surface area contributed by atoms with Crippen LogP contribution in [0.1, 0.15) is 22.5 Å². The van der Waals surface area contributed by atoms with Gasteiger partial charge in [0, 0.05) is 11.8 Å². The van der Waals surface area contributed by atoms with E-state index in [0.717, 1.165) is 22.5 Å². The minimum atomic E-state index is -0.180. The third kappa shape index (κ3) is 2.55. The molecule has 2 aromatic rings. The third-order valence-corrected chi connectivity index (χ3v) is 3.02. The second-order valence-corrected chi connectivity index (χ2v) is 4.63. The summed E-state index contributed by atoms with van der Waals surface area (Å²) in [5.74, 6) is 0. The Hall–Kier alpha value is -2.41. The molecule has 0 atom stereocenters. The molecule has 0 radical (unpaired) electrons. The molecule has 0 bridgehead atoms. The number of hydrogen-bond donors (Lipinski definition) is 0. The van der Waals surface area contributed by atoms with Crippen molar-refractivity contribution in [2.75, 3.05) is 0 Å². The number of aromatic nitrogens is 2. The zero-order valence-electron chi connectivity index (χ0n) is 11.3. The molecule has 19 heavy (non-hydrogen) atoms. The molecule has 1 aromatic carbocycles. The summed E-state index contributed by atoms with van der Waals surface area (Å²) in [6.07, 6.45) is 0.0317. The highest BCUT2D eigenvalue weighted by molar-refractivity contribution is 5.43. The van der Waals surface area contributed by atoms with Gasteiger partial charge in [0.05, 0.1) is 18.2 Å². The van der Waals surface area contributed by atoms with E-state index < -0.39 is 0 Å². The van der Waals surface area contributed by atoms with Gasteiger partial charge in [-0.25, -0.2) is 4.68 Å². The van der Waals surface area contributed by atoms with Crippen LogP contribution in [0, 0.1) is 32.1 Å². The molecule has 0 aliphatic carbocycles. The summed E-state index contributed by atoms with van der Waals surface area (Å²) in [7, 11) is 0. The van der Waals surface area contributed by atoms with Crippen LogP contribution in [0.4, 0.5) is 0 Å². The average molecular weight is 253 g/mol. The van der Waals surface area contributed by atoms with E-state index in [1.54, 1.807) is 4.68 Å². The predicted octanol–water partition coefficient (Wildman–Crippen LogP) is 2.22. The standard InChI is InChI=1S/C15H15N3O/c1-10-4-5-11(2)14(8-10)18-12(3)9-15(19)13(17-18)6-7-16/h4-5,8-9H,6H2,1-3H3. The molecule has 0 fully saturated rings. The van der Waals surface area contributed by atoms with Crippen molar-refractivity contribution in [3.63, 3.8) is 0 Å². The summed E-state index contributed by atoms with van der Waals surface area (Å²) >= 11 is 0. The van der Waals surface area contributed by atoms with Crippen molar-refractivity contribution in [3.05, 3.63) is 57.0 Å². The maximum absolute atomic E-state index is 11.7. The van der Waals surface area contributed by atoms with E-state index in [2.05, 4.69) is 5.10 Å². The summed E-state index contributed by atoms with van der Waals surface area (Å²) in [6.45, 7) is 5.85. The van der Waals surface area contributed by atoms with Gasteiger partial charge in [-0.3, -0.25) is 4.79 Å². The van der Waals surface area contributed by atoms with Crippen LogP contribution in [-0.2, 0) is 6.42 Å². The van der Waals surface area contributed by atoms with Gasteiger partial charge >= 0.3 is 0 Å². The summed E-state index contributed by atoms with van der Waals surface area (Å²) < 4.78 is 1.73. The van der Waals surface area contributed by atoms with Gasteiger partial charge in [-0.05, 0) is 38.0 Å². The van der Waals surface area contributed by atoms with Gasteiger partial charge in [-0.15, -0.1) is 0 Å². The van der Waals surface area contributed by atoms with Gasteiger partial charge in [-0.1, -0.05) is 12.1 Å². The molecule has 0 amide bonds. The molecule has 1 aromatic heterocycles.